The first kappa shape index (κ1) is 36.0. The molecule has 4 aliphatic heterocycles. The average molecular weight is 721 g/mol. The Kier molecular flexibility index (Phi) is 10.9. The molecule has 53 heavy (non-hydrogen) atoms. The number of carbonyl (C=O) groups excluding carboxylic acids is 1. The van der Waals surface area contributed by atoms with Gasteiger partial charge in [0.1, 0.15) is 5.82 Å². The molecule has 1 unspecified atom stereocenters. The van der Waals surface area contributed by atoms with Crippen LogP contribution in [-0.4, -0.2) is 129 Å². The molecule has 1 amide bonds. The molecule has 4 fully saturated rings. The molecule has 5 heterocycles. The Bertz CT molecular complexity index is 1830. The molecule has 1 saturated carbocycles. The fourth-order valence-electron chi connectivity index (χ4n) is 8.37. The van der Waals surface area contributed by atoms with Crippen LogP contribution in [0.2, 0.25) is 0 Å². The molecule has 3 aromatic rings. The lowest BCUT2D eigenvalue weighted by Crippen LogP contribution is -2.49. The van der Waals surface area contributed by atoms with Gasteiger partial charge >= 0.3 is 6.01 Å². The van der Waals surface area contributed by atoms with Crippen molar-refractivity contribution in [2.45, 2.75) is 50.9 Å². The standard InChI is InChI=1S/C42H52N6O5/c1-3-31-7-4-8-32-9-5-10-34(39(31)32)37-27-36-35(28-52-37)40(44-41(43-36)53-30-42(14-15-42)29-46-23-25-51-26-24-46)48-21-19-47(20-22-48)38(49)11-6-16-45-17-12-33(50-2)13-18-45/h1,4-11,33,37H,12-30H2,2H3/b11-6+. The molecular weight excluding hydrogens is 668 g/mol. The number of anilines is 1. The third kappa shape index (κ3) is 8.22. The Balaban J connectivity index is 0.983. The first-order valence-corrected chi connectivity index (χ1v) is 19.4. The van der Waals surface area contributed by atoms with Gasteiger partial charge in [0.05, 0.1) is 44.3 Å². The number of terminal acetylenes is 1. The van der Waals surface area contributed by atoms with Gasteiger partial charge in [-0.2, -0.15) is 9.97 Å². The Morgan fingerprint density at radius 3 is 2.51 bits per heavy atom. The predicted molar refractivity (Wildman–Crippen MR) is 204 cm³/mol. The fourth-order valence-corrected chi connectivity index (χ4v) is 8.37. The summed E-state index contributed by atoms with van der Waals surface area (Å²) < 4.78 is 24.2. The first-order valence-electron chi connectivity index (χ1n) is 19.4. The summed E-state index contributed by atoms with van der Waals surface area (Å²) in [5, 5.41) is 2.16. The SMILES string of the molecule is C#Cc1cccc2cccc(C3Cc4nc(OCC5(CN6CCOCC6)CC5)nc(N5CCN(C(=O)/C=C/CN6CCC(OC)CC6)CC5)c4CO3)c12. The van der Waals surface area contributed by atoms with E-state index in [9.17, 15) is 4.79 Å². The average Bonchev–Trinajstić information content (AvgIpc) is 3.98. The van der Waals surface area contributed by atoms with Crippen molar-refractivity contribution >= 4 is 22.5 Å². The maximum absolute atomic E-state index is 13.2. The van der Waals surface area contributed by atoms with Gasteiger partial charge < -0.3 is 28.7 Å². The third-order valence-corrected chi connectivity index (χ3v) is 11.8. The van der Waals surface area contributed by atoms with Gasteiger partial charge in [-0.25, -0.2) is 0 Å². The van der Waals surface area contributed by atoms with Crippen molar-refractivity contribution in [1.82, 2.24) is 24.7 Å². The molecule has 1 aliphatic carbocycles. The Hall–Kier alpha value is -4.05. The highest BCUT2D eigenvalue weighted by atomic mass is 16.5. The van der Waals surface area contributed by atoms with Crippen LogP contribution in [0.4, 0.5) is 5.82 Å². The number of fused-ring (bicyclic) bond motifs is 2. The molecule has 1 aromatic heterocycles. The van der Waals surface area contributed by atoms with Gasteiger partial charge in [0.15, 0.2) is 0 Å². The third-order valence-electron chi connectivity index (χ3n) is 11.8. The minimum atomic E-state index is -0.208. The molecule has 2 aromatic carbocycles. The molecule has 0 N–H and O–H groups in total. The number of methoxy groups -OCH3 is 1. The summed E-state index contributed by atoms with van der Waals surface area (Å²) in [5.41, 5.74) is 4.02. The number of hydrogen-bond donors (Lipinski definition) is 0. The van der Waals surface area contributed by atoms with Gasteiger partial charge in [-0.15, -0.1) is 6.42 Å². The molecule has 0 radical (unpaired) electrons. The Labute approximate surface area is 313 Å². The first-order chi connectivity index (χ1) is 26.0. The second-order valence-corrected chi connectivity index (χ2v) is 15.3. The second kappa shape index (κ2) is 16.1. The van der Waals surface area contributed by atoms with E-state index < -0.39 is 0 Å². The Morgan fingerprint density at radius 1 is 1.00 bits per heavy atom. The number of rotatable bonds is 11. The van der Waals surface area contributed by atoms with E-state index in [2.05, 4.69) is 44.9 Å². The summed E-state index contributed by atoms with van der Waals surface area (Å²) in [6, 6.07) is 12.8. The van der Waals surface area contributed by atoms with Crippen LogP contribution in [0.25, 0.3) is 10.8 Å². The summed E-state index contributed by atoms with van der Waals surface area (Å²) in [7, 11) is 1.79. The number of benzene rings is 2. The second-order valence-electron chi connectivity index (χ2n) is 15.3. The zero-order chi connectivity index (χ0) is 36.2. The number of likely N-dealkylation sites (tertiary alicyclic amines) is 1. The molecule has 3 saturated heterocycles. The van der Waals surface area contributed by atoms with Gasteiger partial charge in [-0.05, 0) is 42.7 Å². The lowest BCUT2D eigenvalue weighted by atomic mass is 9.92. The number of hydrogen-bond acceptors (Lipinski definition) is 10. The van der Waals surface area contributed by atoms with Crippen molar-refractivity contribution in [3.05, 3.63) is 70.9 Å². The number of piperidine rings is 1. The zero-order valence-electron chi connectivity index (χ0n) is 31.0. The van der Waals surface area contributed by atoms with E-state index >= 15 is 0 Å². The molecule has 280 valence electrons. The van der Waals surface area contributed by atoms with Crippen molar-refractivity contribution in [2.75, 3.05) is 97.3 Å². The Morgan fingerprint density at radius 2 is 1.77 bits per heavy atom. The summed E-state index contributed by atoms with van der Waals surface area (Å²) in [6.07, 6.45) is 14.8. The quantitative estimate of drug-likeness (QED) is 0.212. The molecule has 0 bridgehead atoms. The summed E-state index contributed by atoms with van der Waals surface area (Å²) >= 11 is 0. The van der Waals surface area contributed by atoms with E-state index in [1.54, 1.807) is 13.2 Å². The van der Waals surface area contributed by atoms with Crippen LogP contribution in [-0.2, 0) is 32.0 Å². The van der Waals surface area contributed by atoms with Gasteiger partial charge in [-0.3, -0.25) is 14.6 Å². The van der Waals surface area contributed by atoms with Crippen molar-refractivity contribution in [3.63, 3.8) is 0 Å². The van der Waals surface area contributed by atoms with Gasteiger partial charge in [0.2, 0.25) is 5.91 Å². The van der Waals surface area contributed by atoms with Gasteiger partial charge in [0, 0.05) is 107 Å². The van der Waals surface area contributed by atoms with Gasteiger partial charge in [0.25, 0.3) is 0 Å². The number of carbonyl (C=O) groups is 1. The molecule has 11 heteroatoms. The van der Waals surface area contributed by atoms with E-state index in [0.29, 0.717) is 57.9 Å². The summed E-state index contributed by atoms with van der Waals surface area (Å²) in [6.45, 7) is 10.9. The number of ether oxygens (including phenoxy) is 4. The number of morpholine rings is 1. The van der Waals surface area contributed by atoms with Crippen LogP contribution in [0.3, 0.4) is 0 Å². The molecule has 1 atom stereocenters. The van der Waals surface area contributed by atoms with E-state index in [-0.39, 0.29) is 17.4 Å². The van der Waals surface area contributed by atoms with Crippen LogP contribution in [0, 0.1) is 17.8 Å². The van der Waals surface area contributed by atoms with Crippen molar-refractivity contribution in [2.24, 2.45) is 5.41 Å². The molecule has 0 spiro atoms. The summed E-state index contributed by atoms with van der Waals surface area (Å²) in [4.78, 5) is 32.4. The maximum atomic E-state index is 13.2. The summed E-state index contributed by atoms with van der Waals surface area (Å²) in [5.74, 6) is 3.80. The largest absolute Gasteiger partial charge is 0.463 e. The minimum absolute atomic E-state index is 0.0627. The number of nitrogens with zero attached hydrogens (tertiary/aromatic N) is 6. The fraction of sp³-hybridized carbons (Fsp3) is 0.548. The maximum Gasteiger partial charge on any atom is 0.318 e. The van der Waals surface area contributed by atoms with Crippen LogP contribution < -0.4 is 9.64 Å². The minimum Gasteiger partial charge on any atom is -0.463 e. The highest BCUT2D eigenvalue weighted by Crippen LogP contribution is 2.47. The van der Waals surface area contributed by atoms with E-state index in [1.807, 2.05) is 23.1 Å². The zero-order valence-corrected chi connectivity index (χ0v) is 31.0. The number of amides is 1. The highest BCUT2D eigenvalue weighted by Gasteiger charge is 2.45. The van der Waals surface area contributed by atoms with Crippen LogP contribution >= 0.6 is 0 Å². The lowest BCUT2D eigenvalue weighted by Gasteiger charge is -2.37. The molecule has 8 rings (SSSR count). The normalized spacial score (nSPS) is 22.5. The molecule has 5 aliphatic rings. The molecular formula is C42H52N6O5. The van der Waals surface area contributed by atoms with Crippen molar-refractivity contribution in [1.29, 1.82) is 0 Å². The topological polar surface area (TPSA) is 92.7 Å². The number of piperazine rings is 1. The van der Waals surface area contributed by atoms with E-state index in [1.165, 1.54) is 0 Å². The van der Waals surface area contributed by atoms with E-state index in [0.717, 1.165) is 117 Å². The highest BCUT2D eigenvalue weighted by molar-refractivity contribution is 5.91. The van der Waals surface area contributed by atoms with E-state index in [4.69, 9.17) is 35.3 Å². The van der Waals surface area contributed by atoms with Gasteiger partial charge in [-0.1, -0.05) is 42.3 Å². The monoisotopic (exact) mass is 720 g/mol. The van der Waals surface area contributed by atoms with Crippen LogP contribution in [0.1, 0.15) is 54.2 Å². The molecule has 11 nitrogen and oxygen atoms in total. The van der Waals surface area contributed by atoms with Crippen molar-refractivity contribution < 1.29 is 23.7 Å². The predicted octanol–water partition coefficient (Wildman–Crippen LogP) is 4.23. The smallest absolute Gasteiger partial charge is 0.318 e. The number of aromatic nitrogens is 2. The van der Waals surface area contributed by atoms with Crippen LogP contribution in [0.5, 0.6) is 6.01 Å². The van der Waals surface area contributed by atoms with Crippen LogP contribution in [0.15, 0.2) is 48.6 Å². The lowest BCUT2D eigenvalue weighted by molar-refractivity contribution is -0.126. The van der Waals surface area contributed by atoms with Crippen molar-refractivity contribution in [3.8, 4) is 18.4 Å².